The van der Waals surface area contributed by atoms with Crippen LogP contribution in [-0.4, -0.2) is 4.92 Å². The zero-order chi connectivity index (χ0) is 10.7. The van der Waals surface area contributed by atoms with Crippen molar-refractivity contribution in [1.29, 1.82) is 5.26 Å². The molecular formula is C8H4Br2N2O2. The molecule has 0 aliphatic rings. The number of halogens is 2. The van der Waals surface area contributed by atoms with Crippen LogP contribution in [0.4, 0.5) is 5.69 Å². The normalized spacial score (nSPS) is 9.86. The molecule has 6 heteroatoms. The molecule has 0 N–H and O–H groups in total. The first kappa shape index (κ1) is 11.1. The monoisotopic (exact) mass is 318 g/mol. The maximum absolute atomic E-state index is 10.4. The molecule has 72 valence electrons. The van der Waals surface area contributed by atoms with Crippen LogP contribution in [0.25, 0.3) is 0 Å². The van der Waals surface area contributed by atoms with Crippen LogP contribution in [0.5, 0.6) is 0 Å². The number of nitro benzene ring substituents is 1. The minimum absolute atomic E-state index is 0.0778. The molecule has 0 atom stereocenters. The first-order chi connectivity index (χ1) is 6.56. The lowest BCUT2D eigenvalue weighted by Crippen LogP contribution is -1.92. The maximum Gasteiger partial charge on any atom is 0.270 e. The van der Waals surface area contributed by atoms with Crippen LogP contribution in [0, 0.1) is 21.4 Å². The average molecular weight is 320 g/mol. The highest BCUT2D eigenvalue weighted by molar-refractivity contribution is 9.24. The Morgan fingerprint density at radius 2 is 2.14 bits per heavy atom. The van der Waals surface area contributed by atoms with Gasteiger partial charge in [0.2, 0.25) is 0 Å². The Morgan fingerprint density at radius 3 is 2.57 bits per heavy atom. The van der Waals surface area contributed by atoms with Crippen molar-refractivity contribution in [3.05, 3.63) is 39.4 Å². The second-order valence-electron chi connectivity index (χ2n) is 2.44. The standard InChI is InChI=1S/C8H4Br2N2O2/c9-8(10)7-2-1-6(12(13)14)3-5(7)4-11/h1-3,8H. The minimum atomic E-state index is -0.526. The average Bonchev–Trinajstić information content (AvgIpc) is 2.16. The molecule has 0 fully saturated rings. The van der Waals surface area contributed by atoms with E-state index in [4.69, 9.17) is 5.26 Å². The molecule has 0 saturated carbocycles. The van der Waals surface area contributed by atoms with E-state index >= 15 is 0 Å². The molecule has 14 heavy (non-hydrogen) atoms. The summed E-state index contributed by atoms with van der Waals surface area (Å²) in [4.78, 5) is 9.90. The summed E-state index contributed by atoms with van der Waals surface area (Å²) in [7, 11) is 0. The molecule has 1 aromatic rings. The van der Waals surface area contributed by atoms with Gasteiger partial charge in [-0.25, -0.2) is 0 Å². The van der Waals surface area contributed by atoms with Gasteiger partial charge in [-0.15, -0.1) is 0 Å². The van der Waals surface area contributed by atoms with Gasteiger partial charge in [0.1, 0.15) is 0 Å². The molecule has 0 amide bonds. The van der Waals surface area contributed by atoms with E-state index < -0.39 is 4.92 Å². The van der Waals surface area contributed by atoms with Crippen LogP contribution in [0.2, 0.25) is 0 Å². The summed E-state index contributed by atoms with van der Waals surface area (Å²) in [5.41, 5.74) is 0.891. The molecular weight excluding hydrogens is 316 g/mol. The van der Waals surface area contributed by atoms with Gasteiger partial charge in [0.25, 0.3) is 5.69 Å². The fraction of sp³-hybridized carbons (Fsp3) is 0.125. The van der Waals surface area contributed by atoms with Crippen molar-refractivity contribution in [1.82, 2.24) is 0 Å². The van der Waals surface area contributed by atoms with Crippen LogP contribution >= 0.6 is 31.9 Å². The predicted octanol–water partition coefficient (Wildman–Crippen LogP) is 3.25. The third-order valence-electron chi connectivity index (χ3n) is 1.60. The molecule has 0 saturated heterocycles. The quantitative estimate of drug-likeness (QED) is 0.477. The molecule has 0 bridgehead atoms. The first-order valence-electron chi connectivity index (χ1n) is 3.53. The summed E-state index contributed by atoms with van der Waals surface area (Å²) >= 11 is 6.46. The number of alkyl halides is 2. The van der Waals surface area contributed by atoms with Crippen LogP contribution in [0.3, 0.4) is 0 Å². The van der Waals surface area contributed by atoms with E-state index in [1.165, 1.54) is 12.1 Å². The summed E-state index contributed by atoms with van der Waals surface area (Å²) in [6, 6.07) is 6.08. The van der Waals surface area contributed by atoms with E-state index in [9.17, 15) is 10.1 Å². The smallest absolute Gasteiger partial charge is 0.258 e. The highest BCUT2D eigenvalue weighted by Gasteiger charge is 2.13. The Labute approximate surface area is 96.9 Å². The largest absolute Gasteiger partial charge is 0.270 e. The number of nitro groups is 1. The van der Waals surface area contributed by atoms with E-state index in [1.807, 2.05) is 6.07 Å². The summed E-state index contributed by atoms with van der Waals surface area (Å²) in [6.45, 7) is 0. The number of hydrogen-bond acceptors (Lipinski definition) is 3. The van der Waals surface area contributed by atoms with Gasteiger partial charge in [-0.1, -0.05) is 31.9 Å². The maximum atomic E-state index is 10.4. The second-order valence-corrected chi connectivity index (χ2v) is 5.50. The molecule has 0 heterocycles. The van der Waals surface area contributed by atoms with Crippen molar-refractivity contribution in [3.8, 4) is 6.07 Å². The van der Waals surface area contributed by atoms with Crippen LogP contribution in [-0.2, 0) is 0 Å². The third kappa shape index (κ3) is 2.30. The first-order valence-corrected chi connectivity index (χ1v) is 5.36. The number of benzene rings is 1. The molecule has 0 aliphatic carbocycles. The predicted molar refractivity (Wildman–Crippen MR) is 58.4 cm³/mol. The Hall–Kier alpha value is -0.930. The van der Waals surface area contributed by atoms with E-state index in [2.05, 4.69) is 31.9 Å². The number of nitriles is 1. The van der Waals surface area contributed by atoms with E-state index in [0.29, 0.717) is 5.56 Å². The fourth-order valence-corrected chi connectivity index (χ4v) is 1.74. The van der Waals surface area contributed by atoms with Crippen LogP contribution < -0.4 is 0 Å². The zero-order valence-electron chi connectivity index (χ0n) is 6.78. The highest BCUT2D eigenvalue weighted by atomic mass is 79.9. The van der Waals surface area contributed by atoms with Crippen molar-refractivity contribution in [3.63, 3.8) is 0 Å². The van der Waals surface area contributed by atoms with Gasteiger partial charge in [0.15, 0.2) is 0 Å². The van der Waals surface area contributed by atoms with Gasteiger partial charge < -0.3 is 0 Å². The highest BCUT2D eigenvalue weighted by Crippen LogP contribution is 2.32. The van der Waals surface area contributed by atoms with Crippen molar-refractivity contribution >= 4 is 37.5 Å². The molecule has 0 aromatic heterocycles. The van der Waals surface area contributed by atoms with Gasteiger partial charge in [-0.05, 0) is 11.6 Å². The van der Waals surface area contributed by atoms with Gasteiger partial charge in [0, 0.05) is 12.1 Å². The van der Waals surface area contributed by atoms with Gasteiger partial charge in [-0.2, -0.15) is 5.26 Å². The molecule has 0 aliphatic heterocycles. The number of rotatable bonds is 2. The van der Waals surface area contributed by atoms with Crippen molar-refractivity contribution in [2.24, 2.45) is 0 Å². The van der Waals surface area contributed by atoms with E-state index in [0.717, 1.165) is 0 Å². The zero-order valence-corrected chi connectivity index (χ0v) is 9.95. The lowest BCUT2D eigenvalue weighted by atomic mass is 10.1. The van der Waals surface area contributed by atoms with Gasteiger partial charge in [-0.3, -0.25) is 10.1 Å². The van der Waals surface area contributed by atoms with Crippen molar-refractivity contribution in [2.45, 2.75) is 3.74 Å². The summed E-state index contributed by atoms with van der Waals surface area (Å²) in [5, 5.41) is 19.2. The Bertz CT molecular complexity index is 412. The molecule has 4 nitrogen and oxygen atoms in total. The Balaban J connectivity index is 3.27. The third-order valence-corrected chi connectivity index (χ3v) is 2.59. The number of non-ortho nitro benzene ring substituents is 1. The fourth-order valence-electron chi connectivity index (χ4n) is 0.945. The lowest BCUT2D eigenvalue weighted by Gasteiger charge is -2.03. The van der Waals surface area contributed by atoms with E-state index in [1.54, 1.807) is 6.07 Å². The topological polar surface area (TPSA) is 66.9 Å². The minimum Gasteiger partial charge on any atom is -0.258 e. The summed E-state index contributed by atoms with van der Waals surface area (Å²) < 4.78 is -0.176. The van der Waals surface area contributed by atoms with E-state index in [-0.39, 0.29) is 15.0 Å². The number of nitrogens with zero attached hydrogens (tertiary/aromatic N) is 2. The Morgan fingerprint density at radius 1 is 1.50 bits per heavy atom. The molecule has 0 radical (unpaired) electrons. The van der Waals surface area contributed by atoms with Gasteiger partial charge >= 0.3 is 0 Å². The van der Waals surface area contributed by atoms with Gasteiger partial charge in [0.05, 0.1) is 20.3 Å². The lowest BCUT2D eigenvalue weighted by molar-refractivity contribution is -0.384. The molecule has 0 spiro atoms. The van der Waals surface area contributed by atoms with Crippen molar-refractivity contribution < 1.29 is 4.92 Å². The molecule has 0 unspecified atom stereocenters. The summed E-state index contributed by atoms with van der Waals surface area (Å²) in [5.74, 6) is 0. The number of hydrogen-bond donors (Lipinski definition) is 0. The van der Waals surface area contributed by atoms with Crippen molar-refractivity contribution in [2.75, 3.05) is 0 Å². The molecule has 1 rings (SSSR count). The van der Waals surface area contributed by atoms with Crippen LogP contribution in [0.15, 0.2) is 18.2 Å². The second kappa shape index (κ2) is 4.53. The summed E-state index contributed by atoms with van der Waals surface area (Å²) in [6.07, 6.45) is 0. The Kier molecular flexibility index (Phi) is 3.61. The molecule has 1 aromatic carbocycles. The SMILES string of the molecule is N#Cc1cc([N+](=O)[O-])ccc1C(Br)Br. The van der Waals surface area contributed by atoms with Crippen LogP contribution in [0.1, 0.15) is 14.9 Å².